The minimum atomic E-state index is 0.0981. The molecule has 110 valence electrons. The van der Waals surface area contributed by atoms with Gasteiger partial charge in [0, 0.05) is 38.1 Å². The van der Waals surface area contributed by atoms with Crippen molar-refractivity contribution in [2.45, 2.75) is 13.5 Å². The highest BCUT2D eigenvalue weighted by atomic mass is 16.3. The Balaban J connectivity index is 1.69. The molecular formula is C17H21N3O. The van der Waals surface area contributed by atoms with E-state index in [1.165, 1.54) is 11.3 Å². The molecule has 0 radical (unpaired) electrons. The van der Waals surface area contributed by atoms with Crippen LogP contribution >= 0.6 is 0 Å². The summed E-state index contributed by atoms with van der Waals surface area (Å²) in [6.07, 6.45) is 1.86. The summed E-state index contributed by atoms with van der Waals surface area (Å²) in [6.45, 7) is 6.11. The molecule has 4 heteroatoms. The lowest BCUT2D eigenvalue weighted by atomic mass is 10.1. The zero-order valence-corrected chi connectivity index (χ0v) is 12.4. The maximum Gasteiger partial charge on any atom is 0.131 e. The number of aliphatic hydroxyl groups excluding tert-OH is 1. The Morgan fingerprint density at radius 3 is 2.52 bits per heavy atom. The number of aliphatic hydroxyl groups is 1. The zero-order chi connectivity index (χ0) is 14.7. The summed E-state index contributed by atoms with van der Waals surface area (Å²) in [6, 6.07) is 12.2. The third-order valence-corrected chi connectivity index (χ3v) is 4.02. The highest BCUT2D eigenvalue weighted by Crippen LogP contribution is 2.22. The minimum Gasteiger partial charge on any atom is -0.392 e. The van der Waals surface area contributed by atoms with Crippen LogP contribution in [0.5, 0.6) is 0 Å². The third-order valence-electron chi connectivity index (χ3n) is 4.02. The van der Waals surface area contributed by atoms with E-state index in [0.29, 0.717) is 0 Å². The monoisotopic (exact) mass is 283 g/mol. The molecule has 1 saturated heterocycles. The van der Waals surface area contributed by atoms with E-state index in [-0.39, 0.29) is 6.61 Å². The maximum atomic E-state index is 9.25. The van der Waals surface area contributed by atoms with Gasteiger partial charge in [0.1, 0.15) is 5.82 Å². The van der Waals surface area contributed by atoms with E-state index in [1.807, 2.05) is 24.4 Å². The molecule has 2 aromatic rings. The molecule has 0 atom stereocenters. The molecule has 1 N–H and O–H groups in total. The van der Waals surface area contributed by atoms with Crippen molar-refractivity contribution in [3.63, 3.8) is 0 Å². The van der Waals surface area contributed by atoms with Crippen molar-refractivity contribution in [3.05, 3.63) is 53.7 Å². The van der Waals surface area contributed by atoms with Crippen LogP contribution in [0.4, 0.5) is 11.5 Å². The zero-order valence-electron chi connectivity index (χ0n) is 12.4. The van der Waals surface area contributed by atoms with Crippen LogP contribution in [-0.2, 0) is 6.61 Å². The first kappa shape index (κ1) is 13.9. The molecule has 4 nitrogen and oxygen atoms in total. The van der Waals surface area contributed by atoms with Crippen molar-refractivity contribution in [1.82, 2.24) is 4.98 Å². The molecule has 1 aliphatic rings. The van der Waals surface area contributed by atoms with E-state index in [9.17, 15) is 5.11 Å². The Hall–Kier alpha value is -2.07. The largest absolute Gasteiger partial charge is 0.392 e. The van der Waals surface area contributed by atoms with Gasteiger partial charge in [-0.15, -0.1) is 0 Å². The summed E-state index contributed by atoms with van der Waals surface area (Å²) in [7, 11) is 0. The van der Waals surface area contributed by atoms with E-state index in [1.54, 1.807) is 0 Å². The number of aromatic nitrogens is 1. The van der Waals surface area contributed by atoms with Crippen LogP contribution in [0.15, 0.2) is 42.6 Å². The van der Waals surface area contributed by atoms with Crippen molar-refractivity contribution < 1.29 is 5.11 Å². The molecular weight excluding hydrogens is 262 g/mol. The summed E-state index contributed by atoms with van der Waals surface area (Å²) in [5.74, 6) is 1.10. The Morgan fingerprint density at radius 1 is 1.05 bits per heavy atom. The minimum absolute atomic E-state index is 0.0981. The molecule has 0 amide bonds. The molecule has 0 aliphatic carbocycles. The quantitative estimate of drug-likeness (QED) is 0.937. The topological polar surface area (TPSA) is 39.6 Å². The van der Waals surface area contributed by atoms with Gasteiger partial charge in [-0.2, -0.15) is 0 Å². The lowest BCUT2D eigenvalue weighted by Crippen LogP contribution is -2.47. The van der Waals surface area contributed by atoms with E-state index in [2.05, 4.69) is 39.9 Å². The number of anilines is 2. The fraction of sp³-hybridized carbons (Fsp3) is 0.353. The van der Waals surface area contributed by atoms with Crippen molar-refractivity contribution >= 4 is 11.5 Å². The summed E-state index contributed by atoms with van der Waals surface area (Å²) in [5, 5.41) is 9.25. The van der Waals surface area contributed by atoms with Gasteiger partial charge in [-0.3, -0.25) is 0 Å². The van der Waals surface area contributed by atoms with Gasteiger partial charge < -0.3 is 14.9 Å². The highest BCUT2D eigenvalue weighted by molar-refractivity contribution is 5.52. The molecule has 0 unspecified atom stereocenters. The first-order valence-corrected chi connectivity index (χ1v) is 7.39. The number of nitrogens with zero attached hydrogens (tertiary/aromatic N) is 3. The number of hydrogen-bond acceptors (Lipinski definition) is 4. The molecule has 1 fully saturated rings. The van der Waals surface area contributed by atoms with Crippen LogP contribution in [0.25, 0.3) is 0 Å². The average molecular weight is 283 g/mol. The molecule has 0 bridgehead atoms. The second-order valence-corrected chi connectivity index (χ2v) is 5.45. The predicted octanol–water partition coefficient (Wildman–Crippen LogP) is 2.21. The Kier molecular flexibility index (Phi) is 4.06. The Morgan fingerprint density at radius 2 is 1.81 bits per heavy atom. The average Bonchev–Trinajstić information content (AvgIpc) is 2.56. The van der Waals surface area contributed by atoms with Crippen LogP contribution < -0.4 is 9.80 Å². The fourth-order valence-electron chi connectivity index (χ4n) is 2.84. The first-order chi connectivity index (χ1) is 10.3. The Labute approximate surface area is 125 Å². The maximum absolute atomic E-state index is 9.25. The predicted molar refractivity (Wildman–Crippen MR) is 85.8 cm³/mol. The SMILES string of the molecule is Cc1cccnc1N1CCN(c2cccc(CO)c2)CC1. The van der Waals surface area contributed by atoms with Crippen molar-refractivity contribution in [2.75, 3.05) is 36.0 Å². The number of piperazine rings is 1. The number of hydrogen-bond donors (Lipinski definition) is 1. The fourth-order valence-corrected chi connectivity index (χ4v) is 2.84. The summed E-state index contributed by atoms with van der Waals surface area (Å²) < 4.78 is 0. The van der Waals surface area contributed by atoms with Crippen LogP contribution in [0.3, 0.4) is 0 Å². The van der Waals surface area contributed by atoms with Crippen LogP contribution in [0, 0.1) is 6.92 Å². The number of aryl methyl sites for hydroxylation is 1. The lowest BCUT2D eigenvalue weighted by molar-refractivity contribution is 0.282. The number of rotatable bonds is 3. The van der Waals surface area contributed by atoms with Crippen molar-refractivity contribution in [2.24, 2.45) is 0 Å². The molecule has 0 spiro atoms. The van der Waals surface area contributed by atoms with Crippen LogP contribution in [0.1, 0.15) is 11.1 Å². The van der Waals surface area contributed by atoms with Gasteiger partial charge in [-0.25, -0.2) is 4.98 Å². The first-order valence-electron chi connectivity index (χ1n) is 7.39. The van der Waals surface area contributed by atoms with Crippen molar-refractivity contribution in [1.29, 1.82) is 0 Å². The summed E-state index contributed by atoms with van der Waals surface area (Å²) in [5.41, 5.74) is 3.39. The van der Waals surface area contributed by atoms with E-state index in [4.69, 9.17) is 0 Å². The smallest absolute Gasteiger partial charge is 0.131 e. The van der Waals surface area contributed by atoms with Gasteiger partial charge in [0.15, 0.2) is 0 Å². The van der Waals surface area contributed by atoms with Gasteiger partial charge in [-0.1, -0.05) is 18.2 Å². The Bertz CT molecular complexity index is 606. The van der Waals surface area contributed by atoms with Gasteiger partial charge in [0.05, 0.1) is 6.61 Å². The van der Waals surface area contributed by atoms with Crippen LogP contribution in [-0.4, -0.2) is 36.3 Å². The van der Waals surface area contributed by atoms with Gasteiger partial charge in [0.25, 0.3) is 0 Å². The highest BCUT2D eigenvalue weighted by Gasteiger charge is 2.19. The summed E-state index contributed by atoms with van der Waals surface area (Å²) in [4.78, 5) is 9.22. The van der Waals surface area contributed by atoms with Crippen molar-refractivity contribution in [3.8, 4) is 0 Å². The molecule has 21 heavy (non-hydrogen) atoms. The van der Waals surface area contributed by atoms with E-state index >= 15 is 0 Å². The summed E-state index contributed by atoms with van der Waals surface area (Å²) >= 11 is 0. The number of pyridine rings is 1. The standard InChI is InChI=1S/C17H21N3O/c1-14-4-3-7-18-17(14)20-10-8-19(9-11-20)16-6-2-5-15(12-16)13-21/h2-7,12,21H,8-11,13H2,1H3. The molecule has 1 aromatic heterocycles. The van der Waals surface area contributed by atoms with E-state index < -0.39 is 0 Å². The van der Waals surface area contributed by atoms with Crippen LogP contribution in [0.2, 0.25) is 0 Å². The second-order valence-electron chi connectivity index (χ2n) is 5.45. The third kappa shape index (κ3) is 3.00. The van der Waals surface area contributed by atoms with Gasteiger partial charge in [0.2, 0.25) is 0 Å². The molecule has 0 saturated carbocycles. The van der Waals surface area contributed by atoms with E-state index in [0.717, 1.165) is 37.6 Å². The second kappa shape index (κ2) is 6.14. The molecule has 3 rings (SSSR count). The normalized spacial score (nSPS) is 15.3. The molecule has 1 aromatic carbocycles. The number of benzene rings is 1. The molecule has 2 heterocycles. The lowest BCUT2D eigenvalue weighted by Gasteiger charge is -2.37. The van der Waals surface area contributed by atoms with Gasteiger partial charge >= 0.3 is 0 Å². The van der Waals surface area contributed by atoms with Gasteiger partial charge in [-0.05, 0) is 36.2 Å². The molecule has 1 aliphatic heterocycles.